The van der Waals surface area contributed by atoms with E-state index in [-0.39, 0.29) is 4.75 Å². The maximum absolute atomic E-state index is 8.04. The molecule has 0 saturated carbocycles. The molecule has 7 N–H and O–H groups in total. The van der Waals surface area contributed by atoms with Crippen LogP contribution in [0.15, 0.2) is 29.3 Å². The summed E-state index contributed by atoms with van der Waals surface area (Å²) in [7, 11) is -2.27. The van der Waals surface area contributed by atoms with Gasteiger partial charge in [-0.1, -0.05) is 0 Å². The van der Waals surface area contributed by atoms with Crippen LogP contribution in [-0.4, -0.2) is 17.1 Å². The topological polar surface area (TPSA) is 124 Å². The molecular weight excluding hydrogens is 296 g/mol. The quantitative estimate of drug-likeness (QED) is 0.228. The summed E-state index contributed by atoms with van der Waals surface area (Å²) in [6.45, 7) is 6.43. The molecule has 1 aromatic carbocycles. The lowest BCUT2D eigenvalue weighted by molar-refractivity contribution is 0.716. The van der Waals surface area contributed by atoms with Gasteiger partial charge in [-0.05, 0) is 67.7 Å². The molecule has 1 rings (SSSR count). The summed E-state index contributed by atoms with van der Waals surface area (Å²) < 4.78 is 18.8. The van der Waals surface area contributed by atoms with Crippen molar-refractivity contribution in [3.63, 3.8) is 0 Å². The Bertz CT molecular complexity index is 596. The Morgan fingerprint density at radius 3 is 2.32 bits per heavy atom. The molecular formula is C15H28N6S. The molecule has 0 aliphatic carbocycles. The van der Waals surface area contributed by atoms with Crippen molar-refractivity contribution in [3.8, 4) is 0 Å². The van der Waals surface area contributed by atoms with Gasteiger partial charge in [-0.3, -0.25) is 9.56 Å². The van der Waals surface area contributed by atoms with Crippen molar-refractivity contribution in [1.82, 2.24) is 4.72 Å². The molecule has 1 aromatic rings. The minimum absolute atomic E-state index is 0.345. The summed E-state index contributed by atoms with van der Waals surface area (Å²) in [5.74, 6) is 0.593. The van der Waals surface area contributed by atoms with E-state index in [0.717, 1.165) is 18.5 Å². The predicted octanol–water partition coefficient (Wildman–Crippen LogP) is 3.41. The standard InChI is InChI=1S/C15H28N6S/c1-15(2,3)22(18,19)20-11-5-4-6-14(17)21-13-9-7-12(16)8-10-13/h7-10H,4-6,11,16H2,1-3H3,(H2,17,21)(H3,18,19,20). The Labute approximate surface area is 133 Å². The first-order valence-electron chi connectivity index (χ1n) is 7.37. The minimum Gasteiger partial charge on any atom is -0.399 e. The van der Waals surface area contributed by atoms with Crippen molar-refractivity contribution in [1.29, 1.82) is 9.56 Å². The highest BCUT2D eigenvalue weighted by Gasteiger charge is 2.20. The molecule has 0 atom stereocenters. The number of rotatable bonds is 7. The molecule has 0 aromatic heterocycles. The predicted molar refractivity (Wildman–Crippen MR) is 96.5 cm³/mol. The molecule has 7 heteroatoms. The summed E-state index contributed by atoms with van der Waals surface area (Å²) in [5.41, 5.74) is 13.0. The molecule has 0 bridgehead atoms. The van der Waals surface area contributed by atoms with E-state index in [1.54, 1.807) is 12.1 Å². The van der Waals surface area contributed by atoms with E-state index in [1.165, 1.54) is 0 Å². The zero-order chi connectivity index (χ0) is 16.8. The molecule has 0 radical (unpaired) electrons. The Balaban J connectivity index is 2.34. The van der Waals surface area contributed by atoms with Gasteiger partial charge in [0.05, 0.1) is 11.5 Å². The number of nitrogens with two attached hydrogens (primary N) is 2. The molecule has 0 heterocycles. The van der Waals surface area contributed by atoms with Crippen LogP contribution < -0.4 is 16.2 Å². The lowest BCUT2D eigenvalue weighted by Crippen LogP contribution is -2.37. The molecule has 22 heavy (non-hydrogen) atoms. The summed E-state index contributed by atoms with van der Waals surface area (Å²) in [5, 5.41) is 0. The Morgan fingerprint density at radius 1 is 1.18 bits per heavy atom. The van der Waals surface area contributed by atoms with Crippen LogP contribution in [0.3, 0.4) is 0 Å². The highest BCUT2D eigenvalue weighted by molar-refractivity contribution is 7.92. The number of nitrogens with zero attached hydrogens (tertiary/aromatic N) is 1. The van der Waals surface area contributed by atoms with Gasteiger partial charge in [0, 0.05) is 23.4 Å². The van der Waals surface area contributed by atoms with E-state index in [9.17, 15) is 0 Å². The van der Waals surface area contributed by atoms with E-state index >= 15 is 0 Å². The number of nitrogen functional groups attached to an aromatic ring is 1. The van der Waals surface area contributed by atoms with E-state index in [4.69, 9.17) is 21.0 Å². The Hall–Kier alpha value is -1.60. The van der Waals surface area contributed by atoms with Crippen molar-refractivity contribution >= 4 is 27.0 Å². The smallest absolute Gasteiger partial charge is 0.0996 e. The molecule has 0 unspecified atom stereocenters. The van der Waals surface area contributed by atoms with Gasteiger partial charge in [-0.25, -0.2) is 9.71 Å². The molecule has 0 saturated heterocycles. The van der Waals surface area contributed by atoms with Crippen molar-refractivity contribution in [3.05, 3.63) is 24.3 Å². The third-order valence-electron chi connectivity index (χ3n) is 3.26. The lowest BCUT2D eigenvalue weighted by atomic mass is 10.2. The van der Waals surface area contributed by atoms with Gasteiger partial charge >= 0.3 is 0 Å². The molecule has 0 aliphatic heterocycles. The third kappa shape index (κ3) is 6.03. The number of amidine groups is 1. The van der Waals surface area contributed by atoms with Crippen molar-refractivity contribution in [2.75, 3.05) is 12.3 Å². The van der Waals surface area contributed by atoms with Gasteiger partial charge in [0.25, 0.3) is 0 Å². The number of benzene rings is 1. The maximum atomic E-state index is 8.04. The van der Waals surface area contributed by atoms with E-state index in [2.05, 4.69) is 9.71 Å². The van der Waals surface area contributed by atoms with E-state index in [1.807, 2.05) is 32.9 Å². The largest absolute Gasteiger partial charge is 0.399 e. The average Bonchev–Trinajstić information content (AvgIpc) is 2.39. The van der Waals surface area contributed by atoms with E-state index in [0.29, 0.717) is 24.5 Å². The SMILES string of the molecule is CC(C)(C)S(=N)(=N)NCCCCC(N)=Nc1ccc(N)cc1. The first-order chi connectivity index (χ1) is 10.1. The number of anilines is 1. The molecule has 0 fully saturated rings. The van der Waals surface area contributed by atoms with Crippen molar-refractivity contribution in [2.45, 2.75) is 44.8 Å². The second-order valence-electron chi connectivity index (χ2n) is 6.27. The highest BCUT2D eigenvalue weighted by atomic mass is 32.2. The van der Waals surface area contributed by atoms with Gasteiger partial charge in [0.1, 0.15) is 0 Å². The van der Waals surface area contributed by atoms with Gasteiger partial charge in [-0.2, -0.15) is 0 Å². The normalized spacial score (nSPS) is 13.3. The van der Waals surface area contributed by atoms with Gasteiger partial charge in [0.15, 0.2) is 0 Å². The number of unbranched alkanes of at least 4 members (excludes halogenated alkanes) is 1. The summed E-state index contributed by atoms with van der Waals surface area (Å²) >= 11 is 0. The monoisotopic (exact) mass is 324 g/mol. The van der Waals surface area contributed by atoms with Crippen LogP contribution in [0, 0.1) is 9.56 Å². The van der Waals surface area contributed by atoms with Crippen molar-refractivity contribution in [2.24, 2.45) is 10.7 Å². The summed E-state index contributed by atoms with van der Waals surface area (Å²) in [6.07, 6.45) is 2.47. The second kappa shape index (κ2) is 7.60. The third-order valence-corrected chi connectivity index (χ3v) is 5.74. The summed E-state index contributed by atoms with van der Waals surface area (Å²) in [4.78, 5) is 4.34. The van der Waals surface area contributed by atoms with Crippen LogP contribution in [0.25, 0.3) is 0 Å². The van der Waals surface area contributed by atoms with Gasteiger partial charge in [0.2, 0.25) is 0 Å². The van der Waals surface area contributed by atoms with Crippen LogP contribution >= 0.6 is 0 Å². The fourth-order valence-corrected chi connectivity index (χ4v) is 2.53. The number of hydrogen-bond donors (Lipinski definition) is 5. The minimum atomic E-state index is -2.27. The fourth-order valence-electron chi connectivity index (χ4n) is 1.64. The van der Waals surface area contributed by atoms with Gasteiger partial charge in [-0.15, -0.1) is 0 Å². The second-order valence-corrected chi connectivity index (χ2v) is 9.01. The zero-order valence-corrected chi connectivity index (χ0v) is 14.5. The van der Waals surface area contributed by atoms with Crippen LogP contribution in [0.5, 0.6) is 0 Å². The Kier molecular flexibility index (Phi) is 6.37. The van der Waals surface area contributed by atoms with Crippen LogP contribution in [0.2, 0.25) is 0 Å². The van der Waals surface area contributed by atoms with Crippen LogP contribution in [0.4, 0.5) is 11.4 Å². The number of hydrogen-bond acceptors (Lipinski definition) is 4. The molecule has 124 valence electrons. The fraction of sp³-hybridized carbons (Fsp3) is 0.533. The molecule has 0 spiro atoms. The lowest BCUT2D eigenvalue weighted by Gasteiger charge is -2.26. The molecule has 0 amide bonds. The molecule has 6 nitrogen and oxygen atoms in total. The van der Waals surface area contributed by atoms with E-state index < -0.39 is 9.81 Å². The zero-order valence-electron chi connectivity index (χ0n) is 13.6. The molecule has 0 aliphatic rings. The first kappa shape index (κ1) is 18.4. The highest BCUT2D eigenvalue weighted by Crippen LogP contribution is 2.16. The number of nitrogens with one attached hydrogen (secondary N) is 3. The Morgan fingerprint density at radius 2 is 1.77 bits per heavy atom. The summed E-state index contributed by atoms with van der Waals surface area (Å²) in [6, 6.07) is 7.27. The maximum Gasteiger partial charge on any atom is 0.0996 e. The van der Waals surface area contributed by atoms with Crippen molar-refractivity contribution < 1.29 is 0 Å². The van der Waals surface area contributed by atoms with Crippen LogP contribution in [0.1, 0.15) is 40.0 Å². The average molecular weight is 324 g/mol. The number of aliphatic imine (C=N–C) groups is 1. The van der Waals surface area contributed by atoms with Gasteiger partial charge < -0.3 is 11.5 Å². The first-order valence-corrected chi connectivity index (χ1v) is 9.00. The van der Waals surface area contributed by atoms with Crippen LogP contribution in [-0.2, 0) is 9.81 Å².